The molecule has 2 saturated carbocycles. The maximum absolute atomic E-state index is 3.01. The van der Waals surface area contributed by atoms with Gasteiger partial charge in [-0.1, -0.05) is 0 Å². The van der Waals surface area contributed by atoms with Crippen LogP contribution < -0.4 is 24.8 Å². The van der Waals surface area contributed by atoms with E-state index in [-0.39, 0.29) is 62.7 Å². The number of fused-ring (bicyclic) bond motifs is 8. The molecule has 9 unspecified atom stereocenters. The van der Waals surface area contributed by atoms with E-state index in [2.05, 4.69) is 205 Å². The van der Waals surface area contributed by atoms with Gasteiger partial charge < -0.3 is 24.8 Å². The standard InChI is InChI=1S/C29H37.C17H18.C5H5.2ClH.Zr/c1-21-14-13-15-22-20-27(6)25(4)18-10-9-16-23(25,2)24(3)17-11-12-19-26(24,5)29(27,8)28(21,22)7;1-12-5-13(2)8-16(7-12)11-17-9-14(3)6-15(4)10-17;1-2-4-5-3-1;;;/h9-20,22H,1-8H3;5-10H,1-4H3;1-3H,4H2;2*1H;/q;;;;;+2/p-2. The van der Waals surface area contributed by atoms with Gasteiger partial charge >= 0.3 is 325 Å². The molecule has 6 aliphatic carbocycles. The molecule has 2 fully saturated rings. The van der Waals surface area contributed by atoms with Gasteiger partial charge in [0, 0.05) is 0 Å². The van der Waals surface area contributed by atoms with E-state index in [9.17, 15) is 0 Å². The molecule has 282 valence electrons. The van der Waals surface area contributed by atoms with Gasteiger partial charge in [-0.2, -0.15) is 0 Å². The van der Waals surface area contributed by atoms with Crippen molar-refractivity contribution in [3.63, 3.8) is 0 Å². The SMILES string of the molecule is CC1=CC=CC2[CH]([Zr+2]([C]3=CC=CC3)=[C](c3cc(C)cc(C)c3)c3cc(C)cc(C)c3)C3(C)C4(C)C=CC=CC4(C)C4(C)C=CC=CC4(C)C3(C)C12C.[Cl-].[Cl-]. The van der Waals surface area contributed by atoms with Crippen LogP contribution in [0, 0.1) is 71.5 Å². The summed E-state index contributed by atoms with van der Waals surface area (Å²) in [4.78, 5) is 0. The first kappa shape index (κ1) is 41.3. The first-order valence-electron chi connectivity index (χ1n) is 19.8. The van der Waals surface area contributed by atoms with Crippen molar-refractivity contribution in [2.24, 2.45) is 43.8 Å². The van der Waals surface area contributed by atoms with E-state index in [1.54, 1.807) is 12.1 Å². The van der Waals surface area contributed by atoms with Crippen LogP contribution in [0.3, 0.4) is 0 Å². The van der Waals surface area contributed by atoms with Crippen molar-refractivity contribution < 1.29 is 46.1 Å². The van der Waals surface area contributed by atoms with E-state index in [0.29, 0.717) is 9.54 Å². The summed E-state index contributed by atoms with van der Waals surface area (Å²) in [5.74, 6) is 0.411. The van der Waals surface area contributed by atoms with Crippen LogP contribution in [0.5, 0.6) is 0 Å². The molecule has 0 heterocycles. The zero-order valence-corrected chi connectivity index (χ0v) is 38.6. The smallest absolute Gasteiger partial charge is 1.00 e. The Bertz CT molecular complexity index is 2110. The number of aryl methyl sites for hydroxylation is 4. The van der Waals surface area contributed by atoms with Gasteiger partial charge in [-0.05, 0) is 0 Å². The normalized spacial score (nSPS) is 38.9. The fourth-order valence-electron chi connectivity index (χ4n) is 14.1. The molecule has 0 aromatic heterocycles. The molecule has 3 heteroatoms. The van der Waals surface area contributed by atoms with Gasteiger partial charge in [0.1, 0.15) is 0 Å². The van der Waals surface area contributed by atoms with Crippen molar-refractivity contribution in [1.82, 2.24) is 0 Å². The fourth-order valence-corrected chi connectivity index (χ4v) is 25.2. The van der Waals surface area contributed by atoms with Gasteiger partial charge in [-0.15, -0.1) is 0 Å². The third-order valence-corrected chi connectivity index (χ3v) is 26.4. The predicted molar refractivity (Wildman–Crippen MR) is 220 cm³/mol. The van der Waals surface area contributed by atoms with Gasteiger partial charge in [0.25, 0.3) is 0 Å². The average molecular weight is 835 g/mol. The van der Waals surface area contributed by atoms with E-state index in [1.165, 1.54) is 33.4 Å². The third-order valence-electron chi connectivity index (χ3n) is 17.2. The van der Waals surface area contributed by atoms with Crippen molar-refractivity contribution in [3.8, 4) is 0 Å². The Morgan fingerprint density at radius 1 is 0.556 bits per heavy atom. The molecule has 2 aromatic carbocycles. The second kappa shape index (κ2) is 13.4. The number of rotatable bonds is 4. The molecular weight excluding hydrogens is 775 g/mol. The van der Waals surface area contributed by atoms with Gasteiger partial charge in [0.05, 0.1) is 0 Å². The third kappa shape index (κ3) is 4.74. The Morgan fingerprint density at radius 2 is 1.02 bits per heavy atom. The minimum Gasteiger partial charge on any atom is -1.00 e. The maximum Gasteiger partial charge on any atom is -1.00 e. The Morgan fingerprint density at radius 3 is 1.50 bits per heavy atom. The van der Waals surface area contributed by atoms with Crippen LogP contribution in [-0.4, -0.2) is 3.21 Å². The van der Waals surface area contributed by atoms with Crippen molar-refractivity contribution >= 4 is 3.21 Å². The molecule has 8 rings (SSSR count). The molecule has 0 spiro atoms. The molecule has 0 N–H and O–H groups in total. The summed E-state index contributed by atoms with van der Waals surface area (Å²) >= 11 is -3.01. The molecule has 0 nitrogen and oxygen atoms in total. The summed E-state index contributed by atoms with van der Waals surface area (Å²) in [5, 5.41) is 0. The van der Waals surface area contributed by atoms with Gasteiger partial charge in [-0.3, -0.25) is 0 Å². The van der Waals surface area contributed by atoms with Crippen LogP contribution in [0.25, 0.3) is 0 Å². The largest absolute Gasteiger partial charge is 1.00 e. The Balaban J connectivity index is 0.00000249. The summed E-state index contributed by atoms with van der Waals surface area (Å²) in [6.07, 6.45) is 36.3. The van der Waals surface area contributed by atoms with Crippen LogP contribution in [-0.2, 0) is 21.3 Å². The molecule has 0 bridgehead atoms. The molecule has 0 aliphatic heterocycles. The number of hydrogen-bond donors (Lipinski definition) is 0. The molecule has 54 heavy (non-hydrogen) atoms. The number of benzene rings is 2. The Hall–Kier alpha value is -2.31. The first-order chi connectivity index (χ1) is 24.4. The quantitative estimate of drug-likeness (QED) is 0.306. The van der Waals surface area contributed by atoms with Gasteiger partial charge in [0.2, 0.25) is 0 Å². The van der Waals surface area contributed by atoms with Crippen LogP contribution in [0.1, 0.15) is 95.2 Å². The van der Waals surface area contributed by atoms with Crippen molar-refractivity contribution in [3.05, 3.63) is 164 Å². The second-order valence-corrected chi connectivity index (χ2v) is 25.2. The zero-order chi connectivity index (χ0) is 37.3. The van der Waals surface area contributed by atoms with Crippen molar-refractivity contribution in [2.75, 3.05) is 0 Å². The maximum atomic E-state index is 2.82. The monoisotopic (exact) mass is 832 g/mol. The average Bonchev–Trinajstić information content (AvgIpc) is 3.66. The summed E-state index contributed by atoms with van der Waals surface area (Å²) in [6, 6.07) is 14.9. The molecule has 0 saturated heterocycles. The number of hydrogen-bond acceptors (Lipinski definition) is 0. The van der Waals surface area contributed by atoms with E-state index in [1.807, 2.05) is 0 Å². The van der Waals surface area contributed by atoms with Gasteiger partial charge in [0.15, 0.2) is 0 Å². The molecule has 0 amide bonds. The molecule has 9 atom stereocenters. The Kier molecular flexibility index (Phi) is 10.2. The minimum atomic E-state index is -3.01. The Labute approximate surface area is 347 Å². The molecule has 6 aliphatic rings. The van der Waals surface area contributed by atoms with Crippen LogP contribution >= 0.6 is 0 Å². The van der Waals surface area contributed by atoms with Crippen LogP contribution in [0.2, 0.25) is 3.63 Å². The van der Waals surface area contributed by atoms with E-state index in [4.69, 9.17) is 0 Å². The summed E-state index contributed by atoms with van der Waals surface area (Å²) in [7, 11) is 0. The van der Waals surface area contributed by atoms with E-state index < -0.39 is 21.3 Å². The number of allylic oxidation sites excluding steroid dienone is 16. The minimum absolute atomic E-state index is 0. The predicted octanol–water partition coefficient (Wildman–Crippen LogP) is 7.20. The summed E-state index contributed by atoms with van der Waals surface area (Å²) in [6.45, 7) is 30.6. The van der Waals surface area contributed by atoms with Crippen LogP contribution in [0.4, 0.5) is 0 Å². The van der Waals surface area contributed by atoms with Crippen LogP contribution in [0.15, 0.2) is 130 Å². The first-order valence-corrected chi connectivity index (χ1v) is 23.7. The molecule has 0 radical (unpaired) electrons. The van der Waals surface area contributed by atoms with Gasteiger partial charge in [-0.25, -0.2) is 0 Å². The number of halogens is 2. The topological polar surface area (TPSA) is 0 Å². The van der Waals surface area contributed by atoms with Crippen molar-refractivity contribution in [2.45, 2.75) is 93.1 Å². The summed E-state index contributed by atoms with van der Waals surface area (Å²) < 4.78 is 3.95. The zero-order valence-electron chi connectivity index (χ0n) is 34.7. The summed E-state index contributed by atoms with van der Waals surface area (Å²) in [5.41, 5.74) is 9.26. The van der Waals surface area contributed by atoms with E-state index in [0.717, 1.165) is 6.42 Å². The second-order valence-electron chi connectivity index (χ2n) is 18.9. The molecular formula is C51H60Cl2Zr. The van der Waals surface area contributed by atoms with Crippen molar-refractivity contribution in [1.29, 1.82) is 0 Å². The fraction of sp³-hybridized carbons (Fsp3) is 0.431. The van der Waals surface area contributed by atoms with E-state index >= 15 is 0 Å². The molecule has 2 aromatic rings.